The van der Waals surface area contributed by atoms with Gasteiger partial charge in [-0.05, 0) is 68.2 Å². The Morgan fingerprint density at radius 1 is 1.31 bits per heavy atom. The summed E-state index contributed by atoms with van der Waals surface area (Å²) < 4.78 is 10.8. The molecule has 0 aliphatic heterocycles. The molecule has 3 aliphatic carbocycles. The Balaban J connectivity index is 1.61. The number of rotatable bonds is 5. The van der Waals surface area contributed by atoms with Crippen molar-refractivity contribution in [3.8, 4) is 11.5 Å². The number of anilines is 1. The van der Waals surface area contributed by atoms with Gasteiger partial charge in [0.2, 0.25) is 5.28 Å². The smallest absolute Gasteiger partial charge is 0.311 e. The highest BCUT2D eigenvalue weighted by molar-refractivity contribution is 6.28. The fourth-order valence-corrected chi connectivity index (χ4v) is 4.63. The second-order valence-electron chi connectivity index (χ2n) is 7.01. The summed E-state index contributed by atoms with van der Waals surface area (Å²) in [6, 6.07) is 5.45. The zero-order chi connectivity index (χ0) is 18.1. The van der Waals surface area contributed by atoms with Crippen molar-refractivity contribution in [1.82, 2.24) is 9.97 Å². The van der Waals surface area contributed by atoms with Crippen LogP contribution < -0.4 is 5.32 Å². The Kier molecular flexibility index (Phi) is 4.85. The number of nitrogens with zero attached hydrogens (tertiary/aromatic N) is 2. The van der Waals surface area contributed by atoms with E-state index in [1.54, 1.807) is 12.3 Å². The van der Waals surface area contributed by atoms with Crippen LogP contribution in [0.3, 0.4) is 0 Å². The van der Waals surface area contributed by atoms with E-state index in [0.717, 1.165) is 25.7 Å². The maximum Gasteiger partial charge on any atom is 0.311 e. The molecule has 3 aliphatic rings. The Hall–Kier alpha value is -2.08. The topological polar surface area (TPSA) is 77.2 Å². The third-order valence-corrected chi connectivity index (χ3v) is 5.73. The van der Waals surface area contributed by atoms with Crippen molar-refractivity contribution >= 4 is 23.4 Å². The maximum absolute atomic E-state index is 12.6. The third kappa shape index (κ3) is 3.30. The molecule has 2 bridgehead atoms. The Morgan fingerprint density at radius 3 is 2.77 bits per heavy atom. The van der Waals surface area contributed by atoms with Crippen LogP contribution in [0.15, 0.2) is 28.9 Å². The van der Waals surface area contributed by atoms with Crippen molar-refractivity contribution in [2.75, 3.05) is 11.9 Å². The highest BCUT2D eigenvalue weighted by Crippen LogP contribution is 2.46. The van der Waals surface area contributed by atoms with Crippen LogP contribution in [-0.4, -0.2) is 28.6 Å². The molecule has 0 amide bonds. The Morgan fingerprint density at radius 2 is 2.08 bits per heavy atom. The number of ether oxygens (including phenoxy) is 1. The van der Waals surface area contributed by atoms with Crippen molar-refractivity contribution < 1.29 is 13.9 Å². The summed E-state index contributed by atoms with van der Waals surface area (Å²) in [7, 11) is 0. The lowest BCUT2D eigenvalue weighted by atomic mass is 9.61. The molecular weight excluding hydrogens is 354 g/mol. The van der Waals surface area contributed by atoms with Gasteiger partial charge in [-0.2, -0.15) is 0 Å². The van der Waals surface area contributed by atoms with Gasteiger partial charge in [0.05, 0.1) is 18.8 Å². The number of hydrogen-bond donors (Lipinski definition) is 1. The zero-order valence-electron chi connectivity index (χ0n) is 14.7. The summed E-state index contributed by atoms with van der Waals surface area (Å²) in [6.45, 7) is 2.25. The number of carbonyl (C=O) groups excluding carboxylic acids is 1. The van der Waals surface area contributed by atoms with E-state index in [-0.39, 0.29) is 23.2 Å². The molecule has 5 rings (SSSR count). The highest BCUT2D eigenvalue weighted by Gasteiger charge is 2.48. The minimum absolute atomic E-state index is 0.0111. The van der Waals surface area contributed by atoms with E-state index < -0.39 is 0 Å². The monoisotopic (exact) mass is 375 g/mol. The van der Waals surface area contributed by atoms with Crippen molar-refractivity contribution in [3.05, 3.63) is 29.7 Å². The molecular formula is C19H22ClN3O3. The molecule has 2 atom stereocenters. The normalized spacial score (nSPS) is 27.3. The van der Waals surface area contributed by atoms with E-state index in [2.05, 4.69) is 15.3 Å². The van der Waals surface area contributed by atoms with E-state index >= 15 is 0 Å². The summed E-state index contributed by atoms with van der Waals surface area (Å²) in [5.74, 6) is 1.82. The highest BCUT2D eigenvalue weighted by atomic mass is 35.5. The van der Waals surface area contributed by atoms with Gasteiger partial charge in [0.15, 0.2) is 5.76 Å². The molecule has 0 unspecified atom stereocenters. The van der Waals surface area contributed by atoms with Gasteiger partial charge in [-0.15, -0.1) is 0 Å². The number of aromatic nitrogens is 2. The number of carbonyl (C=O) groups is 1. The van der Waals surface area contributed by atoms with E-state index in [1.165, 1.54) is 0 Å². The van der Waals surface area contributed by atoms with Crippen LogP contribution in [0.4, 0.5) is 5.82 Å². The maximum atomic E-state index is 12.6. The minimum Gasteiger partial charge on any atom is -0.466 e. The molecule has 1 N–H and O–H groups in total. The largest absolute Gasteiger partial charge is 0.466 e. The molecule has 0 saturated heterocycles. The fourth-order valence-electron chi connectivity index (χ4n) is 4.45. The van der Waals surface area contributed by atoms with Gasteiger partial charge in [-0.25, -0.2) is 9.97 Å². The number of esters is 1. The molecule has 0 radical (unpaired) electrons. The molecule has 3 saturated carbocycles. The molecule has 2 heterocycles. The molecule has 2 aromatic heterocycles. The number of halogens is 1. The van der Waals surface area contributed by atoms with Gasteiger partial charge in [0, 0.05) is 12.1 Å². The van der Waals surface area contributed by atoms with Gasteiger partial charge in [0.25, 0.3) is 0 Å². The molecule has 3 fully saturated rings. The molecule has 7 heteroatoms. The first-order chi connectivity index (χ1) is 12.7. The minimum atomic E-state index is -0.136. The first kappa shape index (κ1) is 17.3. The molecule has 6 nitrogen and oxygen atoms in total. The lowest BCUT2D eigenvalue weighted by Crippen LogP contribution is -2.52. The van der Waals surface area contributed by atoms with Gasteiger partial charge in [-0.3, -0.25) is 4.79 Å². The molecule has 0 spiro atoms. The first-order valence-electron chi connectivity index (χ1n) is 9.17. The van der Waals surface area contributed by atoms with Gasteiger partial charge >= 0.3 is 5.97 Å². The van der Waals surface area contributed by atoms with Crippen LogP contribution in [0.1, 0.15) is 32.6 Å². The molecule has 2 aromatic rings. The van der Waals surface area contributed by atoms with Crippen LogP contribution >= 0.6 is 11.6 Å². The predicted octanol–water partition coefficient (Wildman–Crippen LogP) is 4.17. The quantitative estimate of drug-likeness (QED) is 0.624. The first-order valence-corrected chi connectivity index (χ1v) is 9.55. The Bertz CT molecular complexity index is 772. The van der Waals surface area contributed by atoms with Crippen LogP contribution in [0, 0.1) is 17.8 Å². The lowest BCUT2D eigenvalue weighted by molar-refractivity contribution is -0.154. The lowest BCUT2D eigenvalue weighted by Gasteiger charge is -2.47. The van der Waals surface area contributed by atoms with E-state index in [0.29, 0.717) is 35.7 Å². The van der Waals surface area contributed by atoms with Crippen molar-refractivity contribution in [1.29, 1.82) is 0 Å². The fraction of sp³-hybridized carbons (Fsp3) is 0.526. The van der Waals surface area contributed by atoms with Crippen LogP contribution in [0.2, 0.25) is 5.28 Å². The summed E-state index contributed by atoms with van der Waals surface area (Å²) in [5.41, 5.74) is 0.617. The van der Waals surface area contributed by atoms with Crippen LogP contribution in [0.25, 0.3) is 11.5 Å². The average Bonchev–Trinajstić information content (AvgIpc) is 3.17. The van der Waals surface area contributed by atoms with Gasteiger partial charge in [-0.1, -0.05) is 0 Å². The van der Waals surface area contributed by atoms with Crippen molar-refractivity contribution in [2.24, 2.45) is 17.8 Å². The van der Waals surface area contributed by atoms with Crippen molar-refractivity contribution in [2.45, 2.75) is 38.6 Å². The van der Waals surface area contributed by atoms with Crippen molar-refractivity contribution in [3.63, 3.8) is 0 Å². The number of hydrogen-bond acceptors (Lipinski definition) is 6. The van der Waals surface area contributed by atoms with E-state index in [1.807, 2.05) is 19.1 Å². The third-order valence-electron chi connectivity index (χ3n) is 5.56. The molecule has 138 valence electrons. The average molecular weight is 376 g/mol. The van der Waals surface area contributed by atoms with Gasteiger partial charge < -0.3 is 14.5 Å². The van der Waals surface area contributed by atoms with Crippen LogP contribution in [0.5, 0.6) is 0 Å². The number of nitrogens with one attached hydrogen (secondary N) is 1. The molecule has 26 heavy (non-hydrogen) atoms. The second-order valence-corrected chi connectivity index (χ2v) is 7.35. The Labute approximate surface area is 157 Å². The summed E-state index contributed by atoms with van der Waals surface area (Å²) in [6.07, 6.45) is 6.03. The number of fused-ring (bicyclic) bond motifs is 3. The number of furan rings is 1. The predicted molar refractivity (Wildman–Crippen MR) is 97.7 cm³/mol. The SMILES string of the molecule is CCOC(=O)[C@@H]1C2CCC(CC2)[C@H]1Nc1cc(-c2ccco2)nc(Cl)n1. The van der Waals surface area contributed by atoms with E-state index in [9.17, 15) is 4.79 Å². The zero-order valence-corrected chi connectivity index (χ0v) is 15.4. The summed E-state index contributed by atoms with van der Waals surface area (Å²) in [5, 5.41) is 3.62. The van der Waals surface area contributed by atoms with Gasteiger partial charge in [0.1, 0.15) is 11.5 Å². The van der Waals surface area contributed by atoms with E-state index in [4.69, 9.17) is 20.8 Å². The summed E-state index contributed by atoms with van der Waals surface area (Å²) >= 11 is 6.12. The standard InChI is InChI=1S/C19H22ClN3O3/c1-2-25-18(24)16-11-5-7-12(8-6-11)17(16)22-15-10-13(21-19(20)23-15)14-4-3-9-26-14/h3-4,9-12,16-17H,2,5-8H2,1H3,(H,21,22,23)/t11?,12?,16-,17-/m1/s1. The van der Waals surface area contributed by atoms with Crippen LogP contribution in [-0.2, 0) is 9.53 Å². The molecule has 0 aromatic carbocycles. The summed E-state index contributed by atoms with van der Waals surface area (Å²) in [4.78, 5) is 21.1. The second kappa shape index (κ2) is 7.27.